The summed E-state index contributed by atoms with van der Waals surface area (Å²) in [5.74, 6) is -0.947. The highest BCUT2D eigenvalue weighted by atomic mass is 31.2. The highest BCUT2D eigenvalue weighted by Crippen LogP contribution is 2.43. The van der Waals surface area contributed by atoms with E-state index in [0.29, 0.717) is 25.7 Å². The number of rotatable bonds is 38. The Balaban J connectivity index is 4.37. The highest BCUT2D eigenvalue weighted by molar-refractivity contribution is 7.47. The predicted molar refractivity (Wildman–Crippen MR) is 221 cm³/mol. The minimum Gasteiger partial charge on any atom is -0.462 e. The molecule has 4 N–H and O–H groups in total. The summed E-state index contributed by atoms with van der Waals surface area (Å²) in [7, 11) is -4.41. The summed E-state index contributed by atoms with van der Waals surface area (Å²) >= 11 is 0. The van der Waals surface area contributed by atoms with Gasteiger partial charge in [-0.15, -0.1) is 0 Å². The van der Waals surface area contributed by atoms with Crippen LogP contribution in [0.2, 0.25) is 0 Å². The van der Waals surface area contributed by atoms with Crippen LogP contribution in [0.25, 0.3) is 0 Å². The van der Waals surface area contributed by atoms with Gasteiger partial charge in [0.2, 0.25) is 0 Å². The van der Waals surface area contributed by atoms with Gasteiger partial charge in [-0.1, -0.05) is 139 Å². The molecule has 0 aliphatic heterocycles. The number of aliphatic hydroxyl groups is 1. The van der Waals surface area contributed by atoms with Crippen molar-refractivity contribution in [3.8, 4) is 0 Å². The molecule has 11 heteroatoms. The fourth-order valence-electron chi connectivity index (χ4n) is 5.29. The van der Waals surface area contributed by atoms with E-state index in [-0.39, 0.29) is 32.6 Å². The smallest absolute Gasteiger partial charge is 0.462 e. The Morgan fingerprint density at radius 3 is 1.89 bits per heavy atom. The first-order valence-corrected chi connectivity index (χ1v) is 22.4. The van der Waals surface area contributed by atoms with Gasteiger partial charge in [-0.25, -0.2) is 4.57 Å². The molecule has 10 nitrogen and oxygen atoms in total. The van der Waals surface area contributed by atoms with Crippen molar-refractivity contribution in [1.29, 1.82) is 0 Å². The van der Waals surface area contributed by atoms with Gasteiger partial charge in [-0.05, 0) is 70.6 Å². The third-order valence-electron chi connectivity index (χ3n) is 8.46. The molecule has 0 radical (unpaired) electrons. The zero-order valence-corrected chi connectivity index (χ0v) is 34.7. The molecule has 0 fully saturated rings. The average Bonchev–Trinajstić information content (AvgIpc) is 3.15. The molecule has 3 atom stereocenters. The number of hydrogen-bond acceptors (Lipinski definition) is 9. The number of ether oxygens (including phenoxy) is 2. The zero-order valence-electron chi connectivity index (χ0n) is 33.8. The molecule has 0 bridgehead atoms. The lowest BCUT2D eigenvalue weighted by Gasteiger charge is -2.19. The molecule has 0 aromatic heterocycles. The van der Waals surface area contributed by atoms with Gasteiger partial charge in [-0.2, -0.15) is 0 Å². The predicted octanol–water partition coefficient (Wildman–Crippen LogP) is 10.7. The molecular weight excluding hydrogens is 705 g/mol. The molecule has 0 aromatic carbocycles. The minimum absolute atomic E-state index is 0.0313. The second-order valence-electron chi connectivity index (χ2n) is 13.7. The molecule has 0 aliphatic carbocycles. The van der Waals surface area contributed by atoms with E-state index in [1.807, 2.05) is 36.5 Å². The maximum Gasteiger partial charge on any atom is 0.472 e. The zero-order chi connectivity index (χ0) is 39.8. The van der Waals surface area contributed by atoms with E-state index in [2.05, 4.69) is 32.1 Å². The summed E-state index contributed by atoms with van der Waals surface area (Å²) in [6, 6.07) is 0. The molecule has 0 spiro atoms. The van der Waals surface area contributed by atoms with E-state index in [1.165, 1.54) is 64.2 Å². The van der Waals surface area contributed by atoms with Gasteiger partial charge in [0.15, 0.2) is 6.10 Å². The van der Waals surface area contributed by atoms with Crippen LogP contribution in [-0.4, -0.2) is 60.5 Å². The number of esters is 2. The van der Waals surface area contributed by atoms with Crippen LogP contribution in [0, 0.1) is 0 Å². The summed E-state index contributed by atoms with van der Waals surface area (Å²) in [5, 5.41) is 10.0. The number of nitrogens with two attached hydrogens (primary N) is 1. The van der Waals surface area contributed by atoms with Gasteiger partial charge < -0.3 is 25.2 Å². The minimum atomic E-state index is -4.41. The van der Waals surface area contributed by atoms with Crippen LogP contribution in [0.1, 0.15) is 162 Å². The van der Waals surface area contributed by atoms with Crippen LogP contribution in [0.4, 0.5) is 0 Å². The number of carbonyl (C=O) groups excluding carboxylic acids is 2. The fourth-order valence-corrected chi connectivity index (χ4v) is 6.06. The van der Waals surface area contributed by atoms with Gasteiger partial charge in [0, 0.05) is 19.4 Å². The van der Waals surface area contributed by atoms with Crippen LogP contribution >= 0.6 is 7.82 Å². The number of unbranched alkanes of at least 4 members (excludes halogenated alkanes) is 15. The monoisotopic (exact) mass is 782 g/mol. The Hall–Kier alpha value is -2.33. The maximum atomic E-state index is 12.5. The van der Waals surface area contributed by atoms with Crippen molar-refractivity contribution in [2.45, 2.75) is 174 Å². The van der Waals surface area contributed by atoms with E-state index in [1.54, 1.807) is 6.08 Å². The third kappa shape index (κ3) is 38.0. The van der Waals surface area contributed by atoms with Crippen LogP contribution in [-0.2, 0) is 32.7 Å². The lowest BCUT2D eigenvalue weighted by Crippen LogP contribution is -2.29. The van der Waals surface area contributed by atoms with Crippen LogP contribution in [0.3, 0.4) is 0 Å². The second-order valence-corrected chi connectivity index (χ2v) is 15.2. The number of aliphatic hydroxyl groups excluding tert-OH is 1. The summed E-state index contributed by atoms with van der Waals surface area (Å²) in [5.41, 5.74) is 5.33. The first-order chi connectivity index (χ1) is 26.2. The number of carbonyl (C=O) groups is 2. The second kappa shape index (κ2) is 38.9. The number of phosphoric acid groups is 1. The lowest BCUT2D eigenvalue weighted by atomic mass is 10.1. The summed E-state index contributed by atoms with van der Waals surface area (Å²) < 4.78 is 32.6. The Bertz CT molecular complexity index is 1090. The van der Waals surface area contributed by atoms with Crippen LogP contribution < -0.4 is 5.73 Å². The first kappa shape index (κ1) is 51.7. The molecular formula is C43H76NO9P. The summed E-state index contributed by atoms with van der Waals surface area (Å²) in [4.78, 5) is 34.8. The SMILES string of the molecule is CCCCCC=CCC(O)C=CC=CCC=CCCCC(=O)OC(COC(=O)CCCCCCCC=CCCCCCCCC)COP(=O)(O)OCCN. The average molecular weight is 782 g/mol. The maximum absolute atomic E-state index is 12.5. The largest absolute Gasteiger partial charge is 0.472 e. The van der Waals surface area contributed by atoms with Crippen LogP contribution in [0.5, 0.6) is 0 Å². The van der Waals surface area contributed by atoms with Crippen molar-refractivity contribution in [2.75, 3.05) is 26.4 Å². The van der Waals surface area contributed by atoms with Crippen molar-refractivity contribution < 1.29 is 42.7 Å². The van der Waals surface area contributed by atoms with Crippen LogP contribution in [0.15, 0.2) is 60.8 Å². The normalized spacial score (nSPS) is 14.5. The summed E-state index contributed by atoms with van der Waals surface area (Å²) in [6.07, 6.45) is 41.4. The first-order valence-electron chi connectivity index (χ1n) is 20.9. The number of hydrogen-bond donors (Lipinski definition) is 3. The molecule has 54 heavy (non-hydrogen) atoms. The quantitative estimate of drug-likeness (QED) is 0.0181. The van der Waals surface area contributed by atoms with E-state index >= 15 is 0 Å². The van der Waals surface area contributed by atoms with E-state index in [4.69, 9.17) is 24.3 Å². The molecule has 3 unspecified atom stereocenters. The van der Waals surface area contributed by atoms with E-state index in [0.717, 1.165) is 44.9 Å². The topological polar surface area (TPSA) is 155 Å². The van der Waals surface area contributed by atoms with Gasteiger partial charge in [0.25, 0.3) is 0 Å². The van der Waals surface area contributed by atoms with Crippen molar-refractivity contribution in [3.05, 3.63) is 60.8 Å². The Kier molecular flexibility index (Phi) is 37.2. The molecule has 0 heterocycles. The molecule has 0 saturated carbocycles. The Morgan fingerprint density at radius 1 is 0.648 bits per heavy atom. The molecule has 0 saturated heterocycles. The molecule has 0 amide bonds. The van der Waals surface area contributed by atoms with Gasteiger partial charge in [0.05, 0.1) is 19.3 Å². The third-order valence-corrected chi connectivity index (χ3v) is 9.44. The molecule has 312 valence electrons. The van der Waals surface area contributed by atoms with Crippen molar-refractivity contribution in [3.63, 3.8) is 0 Å². The van der Waals surface area contributed by atoms with Gasteiger partial charge in [-0.3, -0.25) is 18.6 Å². The number of phosphoric ester groups is 1. The van der Waals surface area contributed by atoms with E-state index in [9.17, 15) is 24.2 Å². The van der Waals surface area contributed by atoms with Gasteiger partial charge in [0.1, 0.15) is 6.61 Å². The molecule has 0 rings (SSSR count). The fraction of sp³-hybridized carbons (Fsp3) is 0.721. The summed E-state index contributed by atoms with van der Waals surface area (Å²) in [6.45, 7) is 3.51. The molecule has 0 aliphatic rings. The van der Waals surface area contributed by atoms with Crippen molar-refractivity contribution in [2.24, 2.45) is 5.73 Å². The number of allylic oxidation sites excluding steroid dienone is 8. The highest BCUT2D eigenvalue weighted by Gasteiger charge is 2.25. The van der Waals surface area contributed by atoms with Crippen molar-refractivity contribution >= 4 is 19.8 Å². The molecule has 0 aromatic rings. The Morgan fingerprint density at radius 2 is 1.20 bits per heavy atom. The van der Waals surface area contributed by atoms with E-state index < -0.39 is 38.6 Å². The lowest BCUT2D eigenvalue weighted by molar-refractivity contribution is -0.161. The van der Waals surface area contributed by atoms with Gasteiger partial charge >= 0.3 is 19.8 Å². The standard InChI is InChI=1S/C43H76NO9P/c1-3-5-7-9-11-12-13-14-15-16-17-18-22-26-30-34-42(46)50-38-41(39-52-54(48,49)51-37-36-44)53-43(47)35-31-27-23-20-19-21-25-29-33-40(45)32-28-24-10-8-6-4-2/h14-15,20-21,23-25,28-29,33,40-41,45H,3-13,16-19,22,26-27,30-32,34-39,44H2,1-2H3,(H,48,49). The Labute approximate surface area is 328 Å². The van der Waals surface area contributed by atoms with Crippen molar-refractivity contribution in [1.82, 2.24) is 0 Å².